The molecule has 9 heavy (non-hydrogen) atoms. The molecule has 0 aliphatic rings. The third kappa shape index (κ3) is 29.7. The van der Waals surface area contributed by atoms with Gasteiger partial charge in [-0.2, -0.15) is 13.2 Å². The van der Waals surface area contributed by atoms with Gasteiger partial charge >= 0.3 is 6.18 Å². The summed E-state index contributed by atoms with van der Waals surface area (Å²) in [5.41, 5.74) is 0. The van der Waals surface area contributed by atoms with Crippen LogP contribution in [0.3, 0.4) is 0 Å². The van der Waals surface area contributed by atoms with Gasteiger partial charge in [-0.3, -0.25) is 0 Å². The third-order valence-corrected chi connectivity index (χ3v) is 0.283. The van der Waals surface area contributed by atoms with Gasteiger partial charge < -0.3 is 6.92 Å². The molecule has 0 aromatic carbocycles. The van der Waals surface area contributed by atoms with Gasteiger partial charge in [0.1, 0.15) is 0 Å². The van der Waals surface area contributed by atoms with E-state index in [0.717, 1.165) is 0 Å². The first-order chi connectivity index (χ1) is 3.56. The Morgan fingerprint density at radius 2 is 1.33 bits per heavy atom. The summed E-state index contributed by atoms with van der Waals surface area (Å²) >= 11 is 0. The van der Waals surface area contributed by atoms with Crippen LogP contribution in [0, 0.1) is 6.92 Å². The molecule has 0 bridgehead atoms. The van der Waals surface area contributed by atoms with Crippen molar-refractivity contribution in [2.75, 3.05) is 0 Å². The van der Waals surface area contributed by atoms with Crippen LogP contribution in [-0.4, -0.2) is 6.18 Å². The third-order valence-electron chi connectivity index (χ3n) is 0.283. The van der Waals surface area contributed by atoms with Crippen molar-refractivity contribution in [3.8, 4) is 0 Å². The first-order valence-electron chi connectivity index (χ1n) is 2.42. The fourth-order valence-electron chi connectivity index (χ4n) is 0. The molecule has 0 aromatic rings. The second-order valence-electron chi connectivity index (χ2n) is 0.865. The molecule has 4 heteroatoms. The van der Waals surface area contributed by atoms with Crippen molar-refractivity contribution in [1.82, 2.24) is 0 Å². The maximum Gasteiger partial charge on any atom is 0.363 e. The molecule has 0 atom stereocenters. The van der Waals surface area contributed by atoms with Gasteiger partial charge in [0.2, 0.25) is 0 Å². The van der Waals surface area contributed by atoms with Crippen molar-refractivity contribution in [2.45, 2.75) is 26.4 Å². The van der Waals surface area contributed by atoms with E-state index < -0.39 is 12.6 Å². The average Bonchev–Trinajstić information content (AvgIpc) is 1.71. The maximum absolute atomic E-state index is 10.7. The summed E-state index contributed by atoms with van der Waals surface area (Å²) in [6.07, 6.45) is -5.05. The van der Waals surface area contributed by atoms with Crippen molar-refractivity contribution in [1.29, 1.82) is 0 Å². The largest absolute Gasteiger partial charge is 0.363 e. The Labute approximate surface area is 66.6 Å². The second kappa shape index (κ2) is 8.41. The van der Waals surface area contributed by atoms with Crippen LogP contribution >= 0.6 is 0 Å². The van der Waals surface area contributed by atoms with E-state index in [1.54, 1.807) is 0 Å². The fourth-order valence-corrected chi connectivity index (χ4v) is 0. The first-order valence-corrected chi connectivity index (χ1v) is 2.42. The van der Waals surface area contributed by atoms with Crippen LogP contribution < -0.4 is 0 Å². The summed E-state index contributed by atoms with van der Waals surface area (Å²) in [4.78, 5) is 0. The summed E-state index contributed by atoms with van der Waals surface area (Å²) in [7, 11) is 0. The summed E-state index contributed by atoms with van der Waals surface area (Å²) in [6.45, 7) is 6.63. The molecule has 0 aliphatic heterocycles. The Bertz CT molecular complexity index is 42.0. The quantitative estimate of drug-likeness (QED) is 0.409. The van der Waals surface area contributed by atoms with E-state index in [0.29, 0.717) is 0 Å². The van der Waals surface area contributed by atoms with Crippen molar-refractivity contribution < 1.29 is 32.6 Å². The predicted octanol–water partition coefficient (Wildman–Crippen LogP) is 2.80. The van der Waals surface area contributed by atoms with Gasteiger partial charge in [-0.15, -0.1) is 0 Å². The molecule has 0 saturated heterocycles. The van der Waals surface area contributed by atoms with E-state index in [9.17, 15) is 13.2 Å². The topological polar surface area (TPSA) is 0 Å². The van der Waals surface area contributed by atoms with E-state index >= 15 is 0 Å². The normalized spacial score (nSPS) is 8.67. The minimum absolute atomic E-state index is 0. The van der Waals surface area contributed by atoms with Crippen LogP contribution in [0.5, 0.6) is 0 Å². The molecule has 0 fully saturated rings. The zero-order valence-electron chi connectivity index (χ0n) is 5.76. The van der Waals surface area contributed by atoms with Crippen LogP contribution in [0.15, 0.2) is 0 Å². The van der Waals surface area contributed by atoms with Crippen molar-refractivity contribution in [3.63, 3.8) is 0 Å². The summed E-state index contributed by atoms with van der Waals surface area (Å²) in [5, 5.41) is 0. The van der Waals surface area contributed by atoms with Gasteiger partial charge in [0.05, 0.1) is 0 Å². The molecule has 0 nitrogen and oxygen atoms in total. The van der Waals surface area contributed by atoms with Gasteiger partial charge in [-0.25, -0.2) is 0 Å². The molecule has 0 heterocycles. The van der Waals surface area contributed by atoms with Crippen LogP contribution in [-0.2, 0) is 19.5 Å². The number of hydrogen-bond donors (Lipinski definition) is 0. The first kappa shape index (κ1) is 16.2. The zero-order chi connectivity index (χ0) is 7.21. The molecule has 0 aromatic heterocycles. The minimum atomic E-state index is -4.07. The predicted molar refractivity (Wildman–Crippen MR) is 27.4 cm³/mol. The number of alkyl halides is 3. The molecule has 54 valence electrons. The van der Waals surface area contributed by atoms with Crippen molar-refractivity contribution in [3.05, 3.63) is 6.92 Å². The smallest absolute Gasteiger partial charge is 0.335 e. The standard InChI is InChI=1S/C3H4F3.C2H6.Zn/c1-2-3(4,5)6;1-2;/h1-2H2;1-2H3;/q-1;;. The van der Waals surface area contributed by atoms with Crippen LogP contribution in [0.4, 0.5) is 13.2 Å². The molecule has 0 rings (SSSR count). The summed E-state index contributed by atoms with van der Waals surface area (Å²) < 4.78 is 32.2. The van der Waals surface area contributed by atoms with E-state index in [1.165, 1.54) is 0 Å². The van der Waals surface area contributed by atoms with Gasteiger partial charge in [0, 0.05) is 19.5 Å². The molecular weight excluding hydrogens is 182 g/mol. The summed E-state index contributed by atoms with van der Waals surface area (Å²) in [5.74, 6) is 0. The molecule has 0 radical (unpaired) electrons. The molecule has 0 N–H and O–H groups in total. The maximum atomic E-state index is 10.7. The van der Waals surface area contributed by atoms with Crippen LogP contribution in [0.2, 0.25) is 0 Å². The summed E-state index contributed by atoms with van der Waals surface area (Å²) in [6, 6.07) is 0. The Hall–Kier alpha value is 0.413. The molecular formula is C5H10F3Zn-. The van der Waals surface area contributed by atoms with Gasteiger partial charge in [-0.05, 0) is 0 Å². The molecule has 0 saturated carbocycles. The molecule has 0 unspecified atom stereocenters. The Balaban J connectivity index is -0.000000109. The molecule has 0 amide bonds. The SMILES string of the molecule is CC.[CH2-]CC(F)(F)F.[Zn]. The van der Waals surface area contributed by atoms with Gasteiger partial charge in [0.25, 0.3) is 0 Å². The average molecular weight is 193 g/mol. The molecule has 0 aliphatic carbocycles. The minimum Gasteiger partial charge on any atom is -0.335 e. The van der Waals surface area contributed by atoms with Crippen molar-refractivity contribution in [2.24, 2.45) is 0 Å². The van der Waals surface area contributed by atoms with Gasteiger partial charge in [0.15, 0.2) is 0 Å². The van der Waals surface area contributed by atoms with Crippen LogP contribution in [0.1, 0.15) is 20.3 Å². The number of halogens is 3. The molecule has 0 spiro atoms. The zero-order valence-corrected chi connectivity index (χ0v) is 8.72. The Morgan fingerprint density at radius 1 is 1.22 bits per heavy atom. The Morgan fingerprint density at radius 3 is 1.33 bits per heavy atom. The fraction of sp³-hybridized carbons (Fsp3) is 0.800. The van der Waals surface area contributed by atoms with Gasteiger partial charge in [-0.1, -0.05) is 20.3 Å². The number of rotatable bonds is 0. The van der Waals surface area contributed by atoms with E-state index in [-0.39, 0.29) is 19.5 Å². The van der Waals surface area contributed by atoms with Crippen LogP contribution in [0.25, 0.3) is 0 Å². The monoisotopic (exact) mass is 191 g/mol. The Kier molecular flexibility index (Phi) is 15.1. The van der Waals surface area contributed by atoms with E-state index in [1.807, 2.05) is 13.8 Å². The van der Waals surface area contributed by atoms with E-state index in [2.05, 4.69) is 6.92 Å². The van der Waals surface area contributed by atoms with Crippen molar-refractivity contribution >= 4 is 0 Å². The number of hydrogen-bond acceptors (Lipinski definition) is 0. The second-order valence-corrected chi connectivity index (χ2v) is 0.865. The van der Waals surface area contributed by atoms with E-state index in [4.69, 9.17) is 0 Å².